The summed E-state index contributed by atoms with van der Waals surface area (Å²) in [7, 11) is 2.74. The zero-order valence-electron chi connectivity index (χ0n) is 14.5. The lowest BCUT2D eigenvalue weighted by molar-refractivity contribution is -0.135. The van der Waals surface area contributed by atoms with Crippen LogP contribution >= 0.6 is 0 Å². The van der Waals surface area contributed by atoms with E-state index in [1.54, 1.807) is 0 Å². The average molecular weight is 362 g/mol. The van der Waals surface area contributed by atoms with Crippen molar-refractivity contribution in [3.05, 3.63) is 17.7 Å². The second kappa shape index (κ2) is 12.6. The number of methoxy groups -OCH3 is 2. The standard InChI is InChI=1S/C11H14O6.2C2H4O2/c1-6(12)17-10-8(15-2)4-7(11(13)14)5-9(10)16-3;2*1-2(3)4/h4-5,11,13-14H,1-3H3;2*1H3,(H,3,4). The lowest BCUT2D eigenvalue weighted by Gasteiger charge is -2.15. The van der Waals surface area contributed by atoms with E-state index in [2.05, 4.69) is 0 Å². The van der Waals surface area contributed by atoms with E-state index < -0.39 is 24.2 Å². The Kier molecular flexibility index (Phi) is 12.3. The molecule has 10 nitrogen and oxygen atoms in total. The van der Waals surface area contributed by atoms with Gasteiger partial charge in [-0.2, -0.15) is 0 Å². The molecular formula is C15H22O10. The third-order valence-corrected chi connectivity index (χ3v) is 2.03. The summed E-state index contributed by atoms with van der Waals surface area (Å²) in [5.41, 5.74) is 0.176. The number of hydrogen-bond acceptors (Lipinski definition) is 8. The molecule has 0 amide bonds. The third-order valence-electron chi connectivity index (χ3n) is 2.03. The Morgan fingerprint density at radius 1 is 0.880 bits per heavy atom. The fraction of sp³-hybridized carbons (Fsp3) is 0.400. The van der Waals surface area contributed by atoms with Crippen LogP contribution in [0, 0.1) is 0 Å². The van der Waals surface area contributed by atoms with E-state index in [-0.39, 0.29) is 22.8 Å². The van der Waals surface area contributed by atoms with E-state index in [1.165, 1.54) is 33.3 Å². The van der Waals surface area contributed by atoms with Crippen molar-refractivity contribution < 1.29 is 49.0 Å². The molecule has 10 heteroatoms. The van der Waals surface area contributed by atoms with Gasteiger partial charge in [-0.1, -0.05) is 0 Å². The van der Waals surface area contributed by atoms with Crippen LogP contribution in [0.25, 0.3) is 0 Å². The highest BCUT2D eigenvalue weighted by molar-refractivity contribution is 5.72. The smallest absolute Gasteiger partial charge is 0.308 e. The third kappa shape index (κ3) is 12.3. The predicted octanol–water partition coefficient (Wildman–Crippen LogP) is 0.794. The lowest BCUT2D eigenvalue weighted by Crippen LogP contribution is -2.06. The van der Waals surface area contributed by atoms with Crippen molar-refractivity contribution in [2.45, 2.75) is 27.1 Å². The Bertz CT molecular complexity index is 535. The molecule has 0 aromatic heterocycles. The van der Waals surface area contributed by atoms with Gasteiger partial charge in [-0.25, -0.2) is 0 Å². The van der Waals surface area contributed by atoms with Gasteiger partial charge in [0.15, 0.2) is 17.8 Å². The number of benzene rings is 1. The maximum atomic E-state index is 10.9. The average Bonchev–Trinajstić information content (AvgIpc) is 2.45. The van der Waals surface area contributed by atoms with E-state index in [0.717, 1.165) is 13.8 Å². The first kappa shape index (κ1) is 24.4. The number of carbonyl (C=O) groups is 3. The molecule has 1 aromatic carbocycles. The predicted molar refractivity (Wildman–Crippen MR) is 84.7 cm³/mol. The van der Waals surface area contributed by atoms with Gasteiger partial charge in [-0.05, 0) is 12.1 Å². The fourth-order valence-corrected chi connectivity index (χ4v) is 1.29. The molecule has 142 valence electrons. The number of ether oxygens (including phenoxy) is 3. The Balaban J connectivity index is 0. The van der Waals surface area contributed by atoms with Crippen LogP contribution in [-0.2, 0) is 14.4 Å². The van der Waals surface area contributed by atoms with Crippen LogP contribution in [-0.4, -0.2) is 52.6 Å². The molecule has 0 fully saturated rings. The van der Waals surface area contributed by atoms with Gasteiger partial charge in [0.1, 0.15) is 0 Å². The second-order valence-electron chi connectivity index (χ2n) is 4.26. The molecule has 0 heterocycles. The number of carboxylic acid groups (broad SMARTS) is 2. The molecule has 0 radical (unpaired) electrons. The topological polar surface area (TPSA) is 160 Å². The minimum absolute atomic E-state index is 0.104. The number of rotatable bonds is 4. The molecule has 0 spiro atoms. The van der Waals surface area contributed by atoms with Crippen molar-refractivity contribution in [3.8, 4) is 17.2 Å². The summed E-state index contributed by atoms with van der Waals surface area (Å²) in [6.45, 7) is 3.41. The first-order valence-electron chi connectivity index (χ1n) is 6.65. The molecule has 0 saturated heterocycles. The number of aliphatic carboxylic acids is 2. The van der Waals surface area contributed by atoms with Crippen molar-refractivity contribution in [1.82, 2.24) is 0 Å². The molecule has 0 atom stereocenters. The van der Waals surface area contributed by atoms with E-state index in [4.69, 9.17) is 44.2 Å². The van der Waals surface area contributed by atoms with Crippen LogP contribution in [0.1, 0.15) is 32.6 Å². The van der Waals surface area contributed by atoms with Gasteiger partial charge in [0.25, 0.3) is 11.9 Å². The Hall–Kier alpha value is -2.85. The maximum Gasteiger partial charge on any atom is 0.308 e. The molecule has 0 aliphatic rings. The highest BCUT2D eigenvalue weighted by Gasteiger charge is 2.18. The van der Waals surface area contributed by atoms with Crippen LogP contribution in [0.3, 0.4) is 0 Å². The first-order chi connectivity index (χ1) is 11.5. The Morgan fingerprint density at radius 3 is 1.40 bits per heavy atom. The van der Waals surface area contributed by atoms with Crippen LogP contribution in [0.2, 0.25) is 0 Å². The summed E-state index contributed by atoms with van der Waals surface area (Å²) in [5, 5.41) is 33.0. The van der Waals surface area contributed by atoms with Gasteiger partial charge in [-0.3, -0.25) is 14.4 Å². The summed E-state index contributed by atoms with van der Waals surface area (Å²) < 4.78 is 14.9. The molecule has 25 heavy (non-hydrogen) atoms. The molecule has 0 aliphatic heterocycles. The van der Waals surface area contributed by atoms with Crippen LogP contribution in [0.15, 0.2) is 12.1 Å². The highest BCUT2D eigenvalue weighted by atomic mass is 16.6. The van der Waals surface area contributed by atoms with Gasteiger partial charge in [0, 0.05) is 26.3 Å². The number of aliphatic hydroxyl groups excluding tert-OH is 1. The number of aliphatic hydroxyl groups is 2. The number of carbonyl (C=O) groups excluding carboxylic acids is 1. The summed E-state index contributed by atoms with van der Waals surface area (Å²) in [4.78, 5) is 28.9. The van der Waals surface area contributed by atoms with Crippen molar-refractivity contribution in [2.24, 2.45) is 0 Å². The van der Waals surface area contributed by atoms with E-state index in [0.29, 0.717) is 0 Å². The number of hydrogen-bond donors (Lipinski definition) is 4. The summed E-state index contributed by atoms with van der Waals surface area (Å²) in [5.74, 6) is -1.73. The highest BCUT2D eigenvalue weighted by Crippen LogP contribution is 2.39. The molecule has 1 aromatic rings. The second-order valence-corrected chi connectivity index (χ2v) is 4.26. The molecular weight excluding hydrogens is 340 g/mol. The monoisotopic (exact) mass is 362 g/mol. The Labute approximate surface area is 144 Å². The molecule has 1 rings (SSSR count). The van der Waals surface area contributed by atoms with Crippen molar-refractivity contribution >= 4 is 17.9 Å². The van der Waals surface area contributed by atoms with Crippen molar-refractivity contribution in [1.29, 1.82) is 0 Å². The minimum atomic E-state index is -1.66. The summed E-state index contributed by atoms with van der Waals surface area (Å²) in [6.07, 6.45) is -1.66. The molecule has 0 saturated carbocycles. The largest absolute Gasteiger partial charge is 0.493 e. The van der Waals surface area contributed by atoms with E-state index in [1.807, 2.05) is 0 Å². The van der Waals surface area contributed by atoms with Crippen molar-refractivity contribution in [2.75, 3.05) is 14.2 Å². The van der Waals surface area contributed by atoms with Gasteiger partial charge in [0.2, 0.25) is 5.75 Å². The zero-order chi connectivity index (χ0) is 20.2. The van der Waals surface area contributed by atoms with Crippen LogP contribution in [0.5, 0.6) is 17.2 Å². The SMILES string of the molecule is CC(=O)O.CC(=O)O.COc1cc(C(O)O)cc(OC)c1OC(C)=O. The van der Waals surface area contributed by atoms with Gasteiger partial charge in [0.05, 0.1) is 14.2 Å². The summed E-state index contributed by atoms with van der Waals surface area (Å²) in [6, 6.07) is 2.71. The van der Waals surface area contributed by atoms with Crippen LogP contribution in [0.4, 0.5) is 0 Å². The molecule has 0 bridgehead atoms. The maximum absolute atomic E-state index is 10.9. The van der Waals surface area contributed by atoms with Gasteiger partial charge < -0.3 is 34.6 Å². The first-order valence-corrected chi connectivity index (χ1v) is 6.65. The lowest BCUT2D eigenvalue weighted by atomic mass is 10.1. The molecule has 4 N–H and O–H groups in total. The van der Waals surface area contributed by atoms with Gasteiger partial charge in [-0.15, -0.1) is 0 Å². The zero-order valence-corrected chi connectivity index (χ0v) is 14.5. The van der Waals surface area contributed by atoms with E-state index in [9.17, 15) is 4.79 Å². The quantitative estimate of drug-likeness (QED) is 0.342. The molecule has 0 aliphatic carbocycles. The van der Waals surface area contributed by atoms with Gasteiger partial charge >= 0.3 is 5.97 Å². The van der Waals surface area contributed by atoms with E-state index >= 15 is 0 Å². The van der Waals surface area contributed by atoms with Crippen LogP contribution < -0.4 is 14.2 Å². The summed E-state index contributed by atoms with van der Waals surface area (Å²) >= 11 is 0. The minimum Gasteiger partial charge on any atom is -0.493 e. The number of esters is 1. The number of carboxylic acids is 2. The molecule has 0 unspecified atom stereocenters. The normalized spacial score (nSPS) is 8.96. The van der Waals surface area contributed by atoms with Crippen molar-refractivity contribution in [3.63, 3.8) is 0 Å². The Morgan fingerprint density at radius 2 is 1.20 bits per heavy atom. The fourth-order valence-electron chi connectivity index (χ4n) is 1.29.